The molecule has 28 heavy (non-hydrogen) atoms. The van der Waals surface area contributed by atoms with Gasteiger partial charge in [-0.2, -0.15) is 11.8 Å². The lowest BCUT2D eigenvalue weighted by atomic mass is 9.82. The van der Waals surface area contributed by atoms with Crippen LogP contribution in [0.1, 0.15) is 42.9 Å². The van der Waals surface area contributed by atoms with E-state index >= 15 is 0 Å². The Kier molecular flexibility index (Phi) is 5.82. The van der Waals surface area contributed by atoms with Gasteiger partial charge in [0.1, 0.15) is 0 Å². The highest BCUT2D eigenvalue weighted by molar-refractivity contribution is 7.99. The molecule has 6 heteroatoms. The Labute approximate surface area is 172 Å². The fourth-order valence-corrected chi connectivity index (χ4v) is 6.78. The van der Waals surface area contributed by atoms with Gasteiger partial charge >= 0.3 is 0 Å². The third-order valence-corrected chi connectivity index (χ3v) is 8.18. The van der Waals surface area contributed by atoms with Crippen LogP contribution in [-0.4, -0.2) is 71.3 Å². The lowest BCUT2D eigenvalue weighted by molar-refractivity contribution is 0.0772. The van der Waals surface area contributed by atoms with Gasteiger partial charge in [-0.05, 0) is 49.2 Å². The van der Waals surface area contributed by atoms with Crippen LogP contribution in [0.4, 0.5) is 0 Å². The Morgan fingerprint density at radius 2 is 1.96 bits per heavy atom. The molecule has 154 valence electrons. The molecular formula is C22H33N3O2S. The molecule has 2 atom stereocenters. The number of ether oxygens (including phenoxy) is 1. The van der Waals surface area contributed by atoms with Gasteiger partial charge in [-0.25, -0.2) is 0 Å². The van der Waals surface area contributed by atoms with Crippen LogP contribution >= 0.6 is 11.8 Å². The van der Waals surface area contributed by atoms with E-state index in [1.165, 1.54) is 43.0 Å². The monoisotopic (exact) mass is 403 g/mol. The smallest absolute Gasteiger partial charge is 0.255 e. The SMILES string of the molecule is O=c1c(CN2CCCOCC2)ccc2n1C[C@H]1C[C@@H]2CN(C2CCSCC2)C1. The molecule has 1 aromatic rings. The molecule has 4 aliphatic rings. The van der Waals surface area contributed by atoms with Crippen LogP contribution < -0.4 is 5.56 Å². The Bertz CT molecular complexity index is 738. The second kappa shape index (κ2) is 8.50. The maximum absolute atomic E-state index is 13.3. The van der Waals surface area contributed by atoms with Crippen molar-refractivity contribution in [3.63, 3.8) is 0 Å². The standard InChI is InChI=1S/C22H33N3O2S/c26-22-18(15-23-6-1-8-27-9-7-23)2-3-21-19-12-17(14-25(21)22)13-24(16-19)20-4-10-28-11-5-20/h2-3,17,19-20H,1,4-16H2/t17-,19+/m0/s1. The van der Waals surface area contributed by atoms with Crippen LogP contribution in [-0.2, 0) is 17.8 Å². The van der Waals surface area contributed by atoms with Crippen molar-refractivity contribution in [2.45, 2.75) is 50.7 Å². The van der Waals surface area contributed by atoms with Crippen molar-refractivity contribution in [1.29, 1.82) is 0 Å². The summed E-state index contributed by atoms with van der Waals surface area (Å²) in [6.45, 7) is 7.61. The quantitative estimate of drug-likeness (QED) is 0.775. The Morgan fingerprint density at radius 1 is 1.07 bits per heavy atom. The molecule has 3 saturated heterocycles. The molecular weight excluding hydrogens is 370 g/mol. The van der Waals surface area contributed by atoms with Crippen LogP contribution in [0.5, 0.6) is 0 Å². The minimum absolute atomic E-state index is 0.264. The number of rotatable bonds is 3. The molecule has 5 nitrogen and oxygen atoms in total. The van der Waals surface area contributed by atoms with E-state index in [4.69, 9.17) is 4.74 Å². The second-order valence-corrected chi connectivity index (χ2v) is 10.3. The first-order chi connectivity index (χ1) is 13.8. The molecule has 0 aliphatic carbocycles. The van der Waals surface area contributed by atoms with Gasteiger partial charge < -0.3 is 9.30 Å². The first kappa shape index (κ1) is 19.2. The minimum Gasteiger partial charge on any atom is -0.380 e. The summed E-state index contributed by atoms with van der Waals surface area (Å²) in [5.74, 6) is 3.81. The van der Waals surface area contributed by atoms with E-state index in [0.717, 1.165) is 64.0 Å². The van der Waals surface area contributed by atoms with Gasteiger partial charge in [-0.15, -0.1) is 0 Å². The van der Waals surface area contributed by atoms with E-state index in [0.29, 0.717) is 11.8 Å². The number of piperidine rings is 1. The predicted molar refractivity (Wildman–Crippen MR) is 114 cm³/mol. The summed E-state index contributed by atoms with van der Waals surface area (Å²) >= 11 is 2.11. The van der Waals surface area contributed by atoms with E-state index < -0.39 is 0 Å². The maximum atomic E-state index is 13.3. The number of hydrogen-bond donors (Lipinski definition) is 0. The molecule has 0 aromatic carbocycles. The number of fused-ring (bicyclic) bond motifs is 4. The van der Waals surface area contributed by atoms with Crippen molar-refractivity contribution < 1.29 is 4.74 Å². The van der Waals surface area contributed by atoms with Gasteiger partial charge in [0.25, 0.3) is 5.56 Å². The first-order valence-electron chi connectivity index (χ1n) is 11.1. The second-order valence-electron chi connectivity index (χ2n) is 9.04. The Balaban J connectivity index is 1.34. The van der Waals surface area contributed by atoms with Crippen LogP contribution in [0.2, 0.25) is 0 Å². The third kappa shape index (κ3) is 3.93. The largest absolute Gasteiger partial charge is 0.380 e. The summed E-state index contributed by atoms with van der Waals surface area (Å²) in [6.07, 6.45) is 5.01. The number of nitrogens with zero attached hydrogens (tertiary/aromatic N) is 3. The zero-order chi connectivity index (χ0) is 18.9. The van der Waals surface area contributed by atoms with Crippen molar-refractivity contribution in [3.8, 4) is 0 Å². The number of likely N-dealkylation sites (tertiary alicyclic amines) is 1. The molecule has 0 N–H and O–H groups in total. The lowest BCUT2D eigenvalue weighted by Gasteiger charge is -2.46. The Morgan fingerprint density at radius 3 is 2.86 bits per heavy atom. The predicted octanol–water partition coefficient (Wildman–Crippen LogP) is 2.39. The van der Waals surface area contributed by atoms with Crippen LogP contribution in [0.25, 0.3) is 0 Å². The summed E-state index contributed by atoms with van der Waals surface area (Å²) in [5.41, 5.74) is 2.52. The summed E-state index contributed by atoms with van der Waals surface area (Å²) < 4.78 is 7.70. The molecule has 4 aliphatic heterocycles. The number of hydrogen-bond acceptors (Lipinski definition) is 5. The highest BCUT2D eigenvalue weighted by Crippen LogP contribution is 2.37. The Hall–Kier alpha value is -0.820. The van der Waals surface area contributed by atoms with Crippen LogP contribution in [0.15, 0.2) is 16.9 Å². The van der Waals surface area contributed by atoms with E-state index in [1.807, 2.05) is 0 Å². The van der Waals surface area contributed by atoms with Crippen molar-refractivity contribution in [2.24, 2.45) is 5.92 Å². The molecule has 3 fully saturated rings. The van der Waals surface area contributed by atoms with Gasteiger partial charge in [0.15, 0.2) is 0 Å². The zero-order valence-electron chi connectivity index (χ0n) is 16.9. The average molecular weight is 404 g/mol. The molecule has 0 spiro atoms. The van der Waals surface area contributed by atoms with E-state index in [9.17, 15) is 4.79 Å². The molecule has 0 saturated carbocycles. The van der Waals surface area contributed by atoms with Crippen molar-refractivity contribution in [2.75, 3.05) is 50.9 Å². The van der Waals surface area contributed by atoms with Crippen molar-refractivity contribution in [3.05, 3.63) is 33.7 Å². The third-order valence-electron chi connectivity index (χ3n) is 7.13. The molecule has 5 rings (SSSR count). The zero-order valence-corrected chi connectivity index (χ0v) is 17.7. The van der Waals surface area contributed by atoms with Gasteiger partial charge in [0, 0.05) is 69.1 Å². The summed E-state index contributed by atoms with van der Waals surface area (Å²) in [7, 11) is 0. The molecule has 2 bridgehead atoms. The summed E-state index contributed by atoms with van der Waals surface area (Å²) in [6, 6.07) is 5.16. The highest BCUT2D eigenvalue weighted by Gasteiger charge is 2.37. The normalized spacial score (nSPS) is 30.0. The molecule has 0 amide bonds. The van der Waals surface area contributed by atoms with E-state index in [-0.39, 0.29) is 5.56 Å². The molecule has 5 heterocycles. The first-order valence-corrected chi connectivity index (χ1v) is 12.3. The highest BCUT2D eigenvalue weighted by atomic mass is 32.2. The fraction of sp³-hybridized carbons (Fsp3) is 0.773. The molecule has 1 aromatic heterocycles. The molecule has 0 unspecified atom stereocenters. The lowest BCUT2D eigenvalue weighted by Crippen LogP contribution is -2.51. The van der Waals surface area contributed by atoms with Gasteiger partial charge in [0.05, 0.1) is 6.61 Å². The maximum Gasteiger partial charge on any atom is 0.255 e. The van der Waals surface area contributed by atoms with Gasteiger partial charge in [-0.1, -0.05) is 6.07 Å². The topological polar surface area (TPSA) is 37.7 Å². The van der Waals surface area contributed by atoms with Crippen LogP contribution in [0.3, 0.4) is 0 Å². The number of pyridine rings is 1. The van der Waals surface area contributed by atoms with Crippen molar-refractivity contribution >= 4 is 11.8 Å². The number of thioether (sulfide) groups is 1. The fourth-order valence-electron chi connectivity index (χ4n) is 5.69. The minimum atomic E-state index is 0.264. The summed E-state index contributed by atoms with van der Waals surface area (Å²) in [5, 5.41) is 0. The van der Waals surface area contributed by atoms with Gasteiger partial charge in [0.2, 0.25) is 0 Å². The van der Waals surface area contributed by atoms with E-state index in [2.05, 4.69) is 38.3 Å². The molecule has 0 radical (unpaired) electrons. The summed E-state index contributed by atoms with van der Waals surface area (Å²) in [4.78, 5) is 18.4. The van der Waals surface area contributed by atoms with Crippen molar-refractivity contribution in [1.82, 2.24) is 14.4 Å². The van der Waals surface area contributed by atoms with Crippen LogP contribution in [0, 0.1) is 5.92 Å². The van der Waals surface area contributed by atoms with E-state index in [1.54, 1.807) is 0 Å². The number of aromatic nitrogens is 1. The van der Waals surface area contributed by atoms with Gasteiger partial charge in [-0.3, -0.25) is 14.6 Å². The average Bonchev–Trinajstić information content (AvgIpc) is 3.00.